The van der Waals surface area contributed by atoms with Crippen molar-refractivity contribution < 1.29 is 9.59 Å². The lowest BCUT2D eigenvalue weighted by molar-refractivity contribution is -0.134. The number of urea groups is 1. The maximum atomic E-state index is 12.6. The third-order valence-corrected chi connectivity index (χ3v) is 4.95. The molecule has 1 atom stereocenters. The van der Waals surface area contributed by atoms with E-state index in [9.17, 15) is 9.59 Å². The molecule has 0 aromatic heterocycles. The van der Waals surface area contributed by atoms with E-state index in [-0.39, 0.29) is 5.91 Å². The molecule has 6 heteroatoms. The summed E-state index contributed by atoms with van der Waals surface area (Å²) in [4.78, 5) is 25.6. The Morgan fingerprint density at radius 2 is 1.96 bits per heavy atom. The van der Waals surface area contributed by atoms with Crippen LogP contribution in [0.2, 0.25) is 0 Å². The van der Waals surface area contributed by atoms with Crippen molar-refractivity contribution in [3.8, 4) is 0 Å². The van der Waals surface area contributed by atoms with E-state index < -0.39 is 12.1 Å². The summed E-state index contributed by atoms with van der Waals surface area (Å²) in [6.07, 6.45) is 4.52. The van der Waals surface area contributed by atoms with Gasteiger partial charge < -0.3 is 16.0 Å². The third-order valence-electron chi connectivity index (χ3n) is 4.30. The standard InChI is InChI=1S/C17H25N3O2S/c1-23-12-9-15(19-17(18)22)16(21)20-10-7-14(8-11-20)13-5-3-2-4-6-13/h2-6,14-15H,7-12H2,1H3,(H3,18,19,22). The quantitative estimate of drug-likeness (QED) is 0.837. The van der Waals surface area contributed by atoms with E-state index in [1.165, 1.54) is 5.56 Å². The van der Waals surface area contributed by atoms with Crippen molar-refractivity contribution in [3.05, 3.63) is 35.9 Å². The molecule has 0 saturated carbocycles. The highest BCUT2D eigenvalue weighted by Crippen LogP contribution is 2.28. The molecule has 126 valence electrons. The van der Waals surface area contributed by atoms with Crippen molar-refractivity contribution in [2.24, 2.45) is 5.73 Å². The summed E-state index contributed by atoms with van der Waals surface area (Å²) >= 11 is 1.66. The Hall–Kier alpha value is -1.69. The first-order chi connectivity index (χ1) is 11.1. The second kappa shape index (κ2) is 8.82. The Kier molecular flexibility index (Phi) is 6.77. The van der Waals surface area contributed by atoms with Crippen LogP contribution in [0.3, 0.4) is 0 Å². The number of carbonyl (C=O) groups is 2. The van der Waals surface area contributed by atoms with Gasteiger partial charge in [-0.3, -0.25) is 4.79 Å². The fourth-order valence-corrected chi connectivity index (χ4v) is 3.52. The van der Waals surface area contributed by atoms with E-state index >= 15 is 0 Å². The number of nitrogens with zero attached hydrogens (tertiary/aromatic N) is 1. The number of carbonyl (C=O) groups excluding carboxylic acids is 2. The number of primary amides is 1. The topological polar surface area (TPSA) is 75.4 Å². The zero-order chi connectivity index (χ0) is 16.7. The highest BCUT2D eigenvalue weighted by molar-refractivity contribution is 7.98. The lowest BCUT2D eigenvalue weighted by atomic mass is 9.89. The number of rotatable bonds is 6. The van der Waals surface area contributed by atoms with Gasteiger partial charge in [0.15, 0.2) is 0 Å². The van der Waals surface area contributed by atoms with Gasteiger partial charge in [-0.1, -0.05) is 30.3 Å². The molecular formula is C17H25N3O2S. The third kappa shape index (κ3) is 5.16. The highest BCUT2D eigenvalue weighted by atomic mass is 32.2. The summed E-state index contributed by atoms with van der Waals surface area (Å²) in [6, 6.07) is 9.30. The lowest BCUT2D eigenvalue weighted by Gasteiger charge is -2.34. The van der Waals surface area contributed by atoms with E-state index in [0.29, 0.717) is 12.3 Å². The predicted octanol–water partition coefficient (Wildman–Crippen LogP) is 2.18. The second-order valence-corrected chi connectivity index (χ2v) is 6.84. The number of likely N-dealkylation sites (tertiary alicyclic amines) is 1. The molecule has 1 saturated heterocycles. The first kappa shape index (κ1) is 17.7. The molecule has 3 N–H and O–H groups in total. The van der Waals surface area contributed by atoms with E-state index in [1.807, 2.05) is 17.2 Å². The summed E-state index contributed by atoms with van der Waals surface area (Å²) in [5.41, 5.74) is 6.54. The molecule has 1 aliphatic rings. The summed E-state index contributed by atoms with van der Waals surface area (Å²) < 4.78 is 0. The average Bonchev–Trinajstić information content (AvgIpc) is 2.58. The van der Waals surface area contributed by atoms with Crippen LogP contribution in [0.1, 0.15) is 30.7 Å². The molecule has 3 amide bonds. The van der Waals surface area contributed by atoms with Crippen molar-refractivity contribution in [2.75, 3.05) is 25.1 Å². The number of benzene rings is 1. The van der Waals surface area contributed by atoms with E-state index in [4.69, 9.17) is 5.73 Å². The van der Waals surface area contributed by atoms with E-state index in [1.54, 1.807) is 11.8 Å². The molecule has 0 spiro atoms. The number of nitrogens with two attached hydrogens (primary N) is 1. The Labute approximate surface area is 142 Å². The van der Waals surface area contributed by atoms with Crippen LogP contribution in [0, 0.1) is 0 Å². The number of amides is 3. The van der Waals surface area contributed by atoms with Crippen LogP contribution in [-0.2, 0) is 4.79 Å². The van der Waals surface area contributed by atoms with Crippen LogP contribution in [0.5, 0.6) is 0 Å². The van der Waals surface area contributed by atoms with Gasteiger partial charge in [0.25, 0.3) is 0 Å². The molecule has 0 radical (unpaired) electrons. The van der Waals surface area contributed by atoms with Crippen LogP contribution in [-0.4, -0.2) is 48.0 Å². The Balaban J connectivity index is 1.91. The first-order valence-corrected chi connectivity index (χ1v) is 9.40. The monoisotopic (exact) mass is 335 g/mol. The molecular weight excluding hydrogens is 310 g/mol. The molecule has 2 rings (SSSR count). The van der Waals surface area contributed by atoms with Gasteiger partial charge in [-0.05, 0) is 42.8 Å². The maximum absolute atomic E-state index is 12.6. The van der Waals surface area contributed by atoms with Gasteiger partial charge in [0, 0.05) is 13.1 Å². The molecule has 1 fully saturated rings. The van der Waals surface area contributed by atoms with Crippen molar-refractivity contribution in [3.63, 3.8) is 0 Å². The average molecular weight is 335 g/mol. The highest BCUT2D eigenvalue weighted by Gasteiger charge is 2.29. The number of hydrogen-bond donors (Lipinski definition) is 2. The van der Waals surface area contributed by atoms with Crippen LogP contribution in [0.15, 0.2) is 30.3 Å². The SMILES string of the molecule is CSCCC(NC(N)=O)C(=O)N1CCC(c2ccccc2)CC1. The Morgan fingerprint density at radius 1 is 1.30 bits per heavy atom. The molecule has 1 heterocycles. The second-order valence-electron chi connectivity index (χ2n) is 5.85. The van der Waals surface area contributed by atoms with E-state index in [2.05, 4.69) is 29.6 Å². The van der Waals surface area contributed by atoms with Gasteiger partial charge in [-0.2, -0.15) is 11.8 Å². The van der Waals surface area contributed by atoms with Crippen molar-refractivity contribution in [1.82, 2.24) is 10.2 Å². The van der Waals surface area contributed by atoms with Gasteiger partial charge in [0.2, 0.25) is 5.91 Å². The molecule has 0 aliphatic carbocycles. The van der Waals surface area contributed by atoms with E-state index in [0.717, 1.165) is 31.7 Å². The van der Waals surface area contributed by atoms with Crippen LogP contribution < -0.4 is 11.1 Å². The predicted molar refractivity (Wildman–Crippen MR) is 94.5 cm³/mol. The minimum atomic E-state index is -0.636. The van der Waals surface area contributed by atoms with Crippen molar-refractivity contribution in [2.45, 2.75) is 31.2 Å². The van der Waals surface area contributed by atoms with Gasteiger partial charge in [-0.15, -0.1) is 0 Å². The van der Waals surface area contributed by atoms with Crippen LogP contribution in [0.4, 0.5) is 4.79 Å². The number of piperidine rings is 1. The fourth-order valence-electron chi connectivity index (χ4n) is 3.04. The lowest BCUT2D eigenvalue weighted by Crippen LogP contribution is -2.52. The van der Waals surface area contributed by atoms with Crippen molar-refractivity contribution in [1.29, 1.82) is 0 Å². The molecule has 5 nitrogen and oxygen atoms in total. The number of hydrogen-bond acceptors (Lipinski definition) is 3. The fraction of sp³-hybridized carbons (Fsp3) is 0.529. The summed E-state index contributed by atoms with van der Waals surface area (Å²) in [6.45, 7) is 1.46. The molecule has 1 aliphatic heterocycles. The smallest absolute Gasteiger partial charge is 0.312 e. The van der Waals surface area contributed by atoms with Crippen LogP contribution in [0.25, 0.3) is 0 Å². The largest absolute Gasteiger partial charge is 0.352 e. The van der Waals surface area contributed by atoms with Gasteiger partial charge in [0.1, 0.15) is 6.04 Å². The molecule has 23 heavy (non-hydrogen) atoms. The Bertz CT molecular complexity index is 516. The summed E-state index contributed by atoms with van der Waals surface area (Å²) in [5.74, 6) is 1.32. The first-order valence-electron chi connectivity index (χ1n) is 8.00. The van der Waals surface area contributed by atoms with Gasteiger partial charge >= 0.3 is 6.03 Å². The molecule has 1 aromatic rings. The molecule has 1 aromatic carbocycles. The minimum Gasteiger partial charge on any atom is -0.352 e. The zero-order valence-corrected chi connectivity index (χ0v) is 14.3. The minimum absolute atomic E-state index is 0.00985. The summed E-state index contributed by atoms with van der Waals surface area (Å²) in [5, 5.41) is 2.59. The summed E-state index contributed by atoms with van der Waals surface area (Å²) in [7, 11) is 0. The van der Waals surface area contributed by atoms with Crippen molar-refractivity contribution >= 4 is 23.7 Å². The molecule has 0 bridgehead atoms. The normalized spacial score (nSPS) is 16.8. The Morgan fingerprint density at radius 3 is 2.52 bits per heavy atom. The number of thioether (sulfide) groups is 1. The number of nitrogens with one attached hydrogen (secondary N) is 1. The van der Waals surface area contributed by atoms with Gasteiger partial charge in [0.05, 0.1) is 0 Å². The zero-order valence-electron chi connectivity index (χ0n) is 13.5. The van der Waals surface area contributed by atoms with Crippen LogP contribution >= 0.6 is 11.8 Å². The maximum Gasteiger partial charge on any atom is 0.312 e. The molecule has 1 unspecified atom stereocenters. The van der Waals surface area contributed by atoms with Gasteiger partial charge in [-0.25, -0.2) is 4.79 Å².